The molecule has 4 nitrogen and oxygen atoms in total. The molecule has 0 saturated heterocycles. The van der Waals surface area contributed by atoms with Gasteiger partial charge in [0.2, 0.25) is 5.91 Å². The average molecular weight is 277 g/mol. The Kier molecular flexibility index (Phi) is 6.65. The highest BCUT2D eigenvalue weighted by molar-refractivity contribution is 5.83. The molecule has 0 spiro atoms. The Hall–Kier alpha value is -1.42. The van der Waals surface area contributed by atoms with Gasteiger partial charge in [-0.25, -0.2) is 0 Å². The second kappa shape index (κ2) is 8.00. The van der Waals surface area contributed by atoms with Gasteiger partial charge in [0, 0.05) is 12.7 Å². The van der Waals surface area contributed by atoms with Gasteiger partial charge in [0.1, 0.15) is 0 Å². The van der Waals surface area contributed by atoms with Crippen LogP contribution in [-0.2, 0) is 4.79 Å². The minimum atomic E-state index is -0.438. The molecule has 1 aromatic heterocycles. The summed E-state index contributed by atoms with van der Waals surface area (Å²) in [5.41, 5.74) is 6.36. The maximum atomic E-state index is 12.6. The van der Waals surface area contributed by atoms with Crippen molar-refractivity contribution < 1.29 is 4.79 Å². The molecule has 0 aliphatic heterocycles. The molecule has 0 saturated carbocycles. The van der Waals surface area contributed by atoms with E-state index in [1.807, 2.05) is 25.1 Å². The van der Waals surface area contributed by atoms with Gasteiger partial charge >= 0.3 is 0 Å². The molecule has 0 aliphatic carbocycles. The SMILES string of the molecule is CCCC(CN)(CCC)C(=O)NC(C)c1ccccn1. The first-order valence-corrected chi connectivity index (χ1v) is 7.51. The lowest BCUT2D eigenvalue weighted by Gasteiger charge is -2.32. The molecule has 112 valence electrons. The zero-order valence-corrected chi connectivity index (χ0v) is 12.9. The number of carbonyl (C=O) groups excluding carboxylic acids is 1. The van der Waals surface area contributed by atoms with Gasteiger partial charge in [-0.2, -0.15) is 0 Å². The maximum absolute atomic E-state index is 12.6. The van der Waals surface area contributed by atoms with E-state index in [4.69, 9.17) is 5.73 Å². The second-order valence-electron chi connectivity index (χ2n) is 5.43. The van der Waals surface area contributed by atoms with Crippen molar-refractivity contribution in [1.29, 1.82) is 0 Å². The Morgan fingerprint density at radius 3 is 2.45 bits per heavy atom. The Labute approximate surface area is 122 Å². The van der Waals surface area contributed by atoms with Gasteiger partial charge in [0.15, 0.2) is 0 Å². The third kappa shape index (κ3) is 4.04. The lowest BCUT2D eigenvalue weighted by Crippen LogP contribution is -2.46. The molecule has 1 aromatic rings. The standard InChI is InChI=1S/C16H27N3O/c1-4-9-16(12-17,10-5-2)15(20)19-13(3)14-8-6-7-11-18-14/h6-8,11,13H,4-5,9-10,12,17H2,1-3H3,(H,19,20). The maximum Gasteiger partial charge on any atom is 0.228 e. The molecule has 1 atom stereocenters. The number of amides is 1. The first-order valence-electron chi connectivity index (χ1n) is 7.51. The number of nitrogens with two attached hydrogens (primary N) is 1. The van der Waals surface area contributed by atoms with E-state index in [0.717, 1.165) is 31.4 Å². The number of rotatable bonds is 8. The first-order chi connectivity index (χ1) is 9.59. The van der Waals surface area contributed by atoms with Crippen molar-refractivity contribution in [3.63, 3.8) is 0 Å². The topological polar surface area (TPSA) is 68.0 Å². The Balaban J connectivity index is 2.80. The third-order valence-corrected chi connectivity index (χ3v) is 3.81. The van der Waals surface area contributed by atoms with Crippen LogP contribution >= 0.6 is 0 Å². The molecule has 0 aliphatic rings. The zero-order chi connectivity index (χ0) is 15.0. The number of nitrogens with zero attached hydrogens (tertiary/aromatic N) is 1. The van der Waals surface area contributed by atoms with Crippen LogP contribution in [0.15, 0.2) is 24.4 Å². The number of hydrogen-bond donors (Lipinski definition) is 2. The highest BCUT2D eigenvalue weighted by Gasteiger charge is 2.35. The largest absolute Gasteiger partial charge is 0.347 e. The molecule has 1 amide bonds. The van der Waals surface area contributed by atoms with Gasteiger partial charge in [0.05, 0.1) is 17.2 Å². The number of pyridine rings is 1. The number of carbonyl (C=O) groups is 1. The Morgan fingerprint density at radius 1 is 1.35 bits per heavy atom. The van der Waals surface area contributed by atoms with E-state index in [1.165, 1.54) is 0 Å². The van der Waals surface area contributed by atoms with Crippen LogP contribution in [0.3, 0.4) is 0 Å². The summed E-state index contributed by atoms with van der Waals surface area (Å²) in [5.74, 6) is 0.0573. The van der Waals surface area contributed by atoms with Crippen LogP contribution < -0.4 is 11.1 Å². The summed E-state index contributed by atoms with van der Waals surface area (Å²) in [6, 6.07) is 5.63. The summed E-state index contributed by atoms with van der Waals surface area (Å²) >= 11 is 0. The van der Waals surface area contributed by atoms with Gasteiger partial charge in [-0.15, -0.1) is 0 Å². The van der Waals surface area contributed by atoms with E-state index in [2.05, 4.69) is 24.1 Å². The van der Waals surface area contributed by atoms with Crippen LogP contribution in [-0.4, -0.2) is 17.4 Å². The second-order valence-corrected chi connectivity index (χ2v) is 5.43. The van der Waals surface area contributed by atoms with Crippen LogP contribution in [0.1, 0.15) is 58.2 Å². The highest BCUT2D eigenvalue weighted by atomic mass is 16.2. The van der Waals surface area contributed by atoms with Gasteiger partial charge < -0.3 is 11.1 Å². The van der Waals surface area contributed by atoms with Crippen molar-refractivity contribution in [2.24, 2.45) is 11.1 Å². The molecule has 1 unspecified atom stereocenters. The predicted octanol–water partition coefficient (Wildman–Crippen LogP) is 2.80. The molecule has 4 heteroatoms. The van der Waals surface area contributed by atoms with E-state index in [9.17, 15) is 4.79 Å². The fourth-order valence-electron chi connectivity index (χ4n) is 2.66. The Bertz CT molecular complexity index is 399. The van der Waals surface area contributed by atoms with Crippen molar-refractivity contribution in [1.82, 2.24) is 10.3 Å². The van der Waals surface area contributed by atoms with Crippen molar-refractivity contribution in [2.75, 3.05) is 6.54 Å². The third-order valence-electron chi connectivity index (χ3n) is 3.81. The van der Waals surface area contributed by atoms with Crippen molar-refractivity contribution >= 4 is 5.91 Å². The quantitative estimate of drug-likeness (QED) is 0.767. The summed E-state index contributed by atoms with van der Waals surface area (Å²) in [4.78, 5) is 16.9. The summed E-state index contributed by atoms with van der Waals surface area (Å²) in [7, 11) is 0. The summed E-state index contributed by atoms with van der Waals surface area (Å²) in [5, 5.41) is 3.08. The summed E-state index contributed by atoms with van der Waals surface area (Å²) in [6.45, 7) is 6.54. The van der Waals surface area contributed by atoms with Gasteiger partial charge in [-0.3, -0.25) is 9.78 Å². The summed E-state index contributed by atoms with van der Waals surface area (Å²) in [6.07, 6.45) is 5.33. The molecule has 0 radical (unpaired) electrons. The van der Waals surface area contributed by atoms with E-state index in [-0.39, 0.29) is 11.9 Å². The number of nitrogens with one attached hydrogen (secondary N) is 1. The average Bonchev–Trinajstić information content (AvgIpc) is 2.47. The lowest BCUT2D eigenvalue weighted by atomic mass is 9.78. The van der Waals surface area contributed by atoms with Crippen LogP contribution in [0, 0.1) is 5.41 Å². The fraction of sp³-hybridized carbons (Fsp3) is 0.625. The molecular formula is C16H27N3O. The number of aromatic nitrogens is 1. The van der Waals surface area contributed by atoms with Crippen molar-refractivity contribution in [2.45, 2.75) is 52.5 Å². The molecule has 0 aromatic carbocycles. The molecule has 0 bridgehead atoms. The van der Waals surface area contributed by atoms with Crippen LogP contribution in [0.25, 0.3) is 0 Å². The zero-order valence-electron chi connectivity index (χ0n) is 12.9. The van der Waals surface area contributed by atoms with Crippen LogP contribution in [0.2, 0.25) is 0 Å². The van der Waals surface area contributed by atoms with Crippen molar-refractivity contribution in [3.05, 3.63) is 30.1 Å². The monoisotopic (exact) mass is 277 g/mol. The molecular weight excluding hydrogens is 250 g/mol. The minimum absolute atomic E-state index is 0.0573. The molecule has 3 N–H and O–H groups in total. The molecule has 20 heavy (non-hydrogen) atoms. The highest BCUT2D eigenvalue weighted by Crippen LogP contribution is 2.30. The van der Waals surface area contributed by atoms with E-state index < -0.39 is 5.41 Å². The lowest BCUT2D eigenvalue weighted by molar-refractivity contribution is -0.132. The minimum Gasteiger partial charge on any atom is -0.347 e. The molecule has 0 fully saturated rings. The summed E-state index contributed by atoms with van der Waals surface area (Å²) < 4.78 is 0. The fourth-order valence-corrected chi connectivity index (χ4v) is 2.66. The predicted molar refractivity (Wildman–Crippen MR) is 82.1 cm³/mol. The van der Waals surface area contributed by atoms with E-state index >= 15 is 0 Å². The van der Waals surface area contributed by atoms with Gasteiger partial charge in [-0.05, 0) is 31.9 Å². The smallest absolute Gasteiger partial charge is 0.228 e. The Morgan fingerprint density at radius 2 is 2.00 bits per heavy atom. The molecule has 1 rings (SSSR count). The number of hydrogen-bond acceptors (Lipinski definition) is 3. The van der Waals surface area contributed by atoms with Crippen LogP contribution in [0.5, 0.6) is 0 Å². The molecule has 1 heterocycles. The van der Waals surface area contributed by atoms with E-state index in [0.29, 0.717) is 6.54 Å². The van der Waals surface area contributed by atoms with Crippen LogP contribution in [0.4, 0.5) is 0 Å². The first kappa shape index (κ1) is 16.6. The normalized spacial score (nSPS) is 13.0. The van der Waals surface area contributed by atoms with Gasteiger partial charge in [0.25, 0.3) is 0 Å². The van der Waals surface area contributed by atoms with Crippen molar-refractivity contribution in [3.8, 4) is 0 Å². The van der Waals surface area contributed by atoms with E-state index in [1.54, 1.807) is 6.20 Å². The van der Waals surface area contributed by atoms with Gasteiger partial charge in [-0.1, -0.05) is 32.8 Å².